The van der Waals surface area contributed by atoms with Crippen LogP contribution in [0.3, 0.4) is 0 Å². The van der Waals surface area contributed by atoms with E-state index in [4.69, 9.17) is 5.73 Å². The first-order valence-electron chi connectivity index (χ1n) is 5.53. The molecule has 0 saturated heterocycles. The van der Waals surface area contributed by atoms with Crippen molar-refractivity contribution in [3.8, 4) is 0 Å². The molecule has 0 bridgehead atoms. The molecule has 0 spiro atoms. The second-order valence-electron chi connectivity index (χ2n) is 4.20. The van der Waals surface area contributed by atoms with Gasteiger partial charge in [0.2, 0.25) is 0 Å². The van der Waals surface area contributed by atoms with Crippen molar-refractivity contribution < 1.29 is 0 Å². The van der Waals surface area contributed by atoms with Gasteiger partial charge in [0.05, 0.1) is 0 Å². The number of allylic oxidation sites excluding steroid dienone is 1. The molecular formula is C13H18N2. The Morgan fingerprint density at radius 3 is 2.87 bits per heavy atom. The van der Waals surface area contributed by atoms with Gasteiger partial charge in [0, 0.05) is 17.4 Å². The van der Waals surface area contributed by atoms with Crippen molar-refractivity contribution in [2.75, 3.05) is 11.1 Å². The molecule has 15 heavy (non-hydrogen) atoms. The van der Waals surface area contributed by atoms with Crippen molar-refractivity contribution in [1.29, 1.82) is 0 Å². The molecule has 1 aromatic carbocycles. The Bertz CT molecular complexity index is 369. The fourth-order valence-electron chi connectivity index (χ4n) is 1.89. The van der Waals surface area contributed by atoms with E-state index in [2.05, 4.69) is 29.6 Å². The predicted octanol–water partition coefficient (Wildman–Crippen LogP) is 3.10. The van der Waals surface area contributed by atoms with Crippen LogP contribution in [0.4, 0.5) is 11.4 Å². The molecule has 0 aliphatic heterocycles. The highest BCUT2D eigenvalue weighted by molar-refractivity contribution is 5.58. The monoisotopic (exact) mass is 202 g/mol. The number of aryl methyl sites for hydroxylation is 1. The predicted molar refractivity (Wildman–Crippen MR) is 66.0 cm³/mol. The van der Waals surface area contributed by atoms with E-state index in [1.54, 1.807) is 0 Å². The lowest BCUT2D eigenvalue weighted by Gasteiger charge is -2.21. The molecule has 0 amide bonds. The van der Waals surface area contributed by atoms with Gasteiger partial charge in [0.25, 0.3) is 0 Å². The van der Waals surface area contributed by atoms with Crippen molar-refractivity contribution in [3.05, 3.63) is 35.9 Å². The lowest BCUT2D eigenvalue weighted by Crippen LogP contribution is -2.20. The molecule has 2 heteroatoms. The first-order chi connectivity index (χ1) is 7.25. The number of rotatable bonds is 2. The Kier molecular flexibility index (Phi) is 2.95. The van der Waals surface area contributed by atoms with Crippen molar-refractivity contribution in [1.82, 2.24) is 0 Å². The summed E-state index contributed by atoms with van der Waals surface area (Å²) in [6, 6.07) is 6.76. The highest BCUT2D eigenvalue weighted by Gasteiger charge is 2.09. The van der Waals surface area contributed by atoms with Crippen molar-refractivity contribution in [2.45, 2.75) is 32.2 Å². The van der Waals surface area contributed by atoms with E-state index in [-0.39, 0.29) is 0 Å². The van der Waals surface area contributed by atoms with Gasteiger partial charge in [-0.05, 0) is 43.9 Å². The second kappa shape index (κ2) is 4.39. The molecule has 0 radical (unpaired) electrons. The van der Waals surface area contributed by atoms with Crippen molar-refractivity contribution in [2.24, 2.45) is 0 Å². The van der Waals surface area contributed by atoms with E-state index in [1.165, 1.54) is 12.8 Å². The van der Waals surface area contributed by atoms with E-state index >= 15 is 0 Å². The molecule has 3 N–H and O–H groups in total. The third-order valence-electron chi connectivity index (χ3n) is 2.92. The number of benzene rings is 1. The number of hydrogen-bond acceptors (Lipinski definition) is 2. The molecule has 2 nitrogen and oxygen atoms in total. The number of nitrogens with one attached hydrogen (secondary N) is 1. The van der Waals surface area contributed by atoms with Gasteiger partial charge in [-0.15, -0.1) is 0 Å². The molecule has 1 atom stereocenters. The Hall–Kier alpha value is -1.44. The summed E-state index contributed by atoms with van der Waals surface area (Å²) in [5.74, 6) is 0. The zero-order chi connectivity index (χ0) is 10.7. The Morgan fingerprint density at radius 1 is 1.33 bits per heavy atom. The van der Waals surface area contributed by atoms with Crippen LogP contribution in [0.1, 0.15) is 24.8 Å². The quantitative estimate of drug-likeness (QED) is 0.571. The smallest absolute Gasteiger partial charge is 0.0364 e. The lowest BCUT2D eigenvalue weighted by molar-refractivity contribution is 0.645. The zero-order valence-corrected chi connectivity index (χ0v) is 9.16. The van der Waals surface area contributed by atoms with Crippen LogP contribution in [0.15, 0.2) is 30.4 Å². The van der Waals surface area contributed by atoms with E-state index < -0.39 is 0 Å². The molecule has 0 fully saturated rings. The average Bonchev–Trinajstić information content (AvgIpc) is 2.25. The molecule has 2 rings (SSSR count). The van der Waals surface area contributed by atoms with Crippen LogP contribution < -0.4 is 11.1 Å². The summed E-state index contributed by atoms with van der Waals surface area (Å²) < 4.78 is 0. The minimum absolute atomic E-state index is 0.567. The maximum absolute atomic E-state index is 5.87. The fourth-order valence-corrected chi connectivity index (χ4v) is 1.89. The van der Waals surface area contributed by atoms with Crippen LogP contribution in [-0.2, 0) is 0 Å². The maximum atomic E-state index is 5.87. The highest BCUT2D eigenvalue weighted by atomic mass is 14.9. The molecule has 1 aliphatic carbocycles. The van der Waals surface area contributed by atoms with Crippen LogP contribution in [0.5, 0.6) is 0 Å². The highest BCUT2D eigenvalue weighted by Crippen LogP contribution is 2.21. The Balaban J connectivity index is 2.04. The van der Waals surface area contributed by atoms with Gasteiger partial charge in [0.1, 0.15) is 0 Å². The summed E-state index contributed by atoms with van der Waals surface area (Å²) in [5, 5.41) is 3.52. The van der Waals surface area contributed by atoms with E-state index in [0.717, 1.165) is 23.4 Å². The second-order valence-corrected chi connectivity index (χ2v) is 4.20. The number of nitrogens with two attached hydrogens (primary N) is 1. The van der Waals surface area contributed by atoms with E-state index in [9.17, 15) is 0 Å². The number of nitrogen functional groups attached to an aromatic ring is 1. The van der Waals surface area contributed by atoms with Crippen molar-refractivity contribution in [3.63, 3.8) is 0 Å². The van der Waals surface area contributed by atoms with Gasteiger partial charge in [-0.2, -0.15) is 0 Å². The lowest BCUT2D eigenvalue weighted by atomic mass is 10.0. The van der Waals surface area contributed by atoms with Gasteiger partial charge < -0.3 is 11.1 Å². The summed E-state index contributed by atoms with van der Waals surface area (Å²) in [5.41, 5.74) is 9.02. The topological polar surface area (TPSA) is 38.0 Å². The summed E-state index contributed by atoms with van der Waals surface area (Å²) in [4.78, 5) is 0. The minimum atomic E-state index is 0.567. The summed E-state index contributed by atoms with van der Waals surface area (Å²) in [7, 11) is 0. The molecule has 1 unspecified atom stereocenters. The van der Waals surface area contributed by atoms with Gasteiger partial charge in [-0.3, -0.25) is 0 Å². The molecule has 0 heterocycles. The van der Waals surface area contributed by atoms with Crippen LogP contribution in [0, 0.1) is 6.92 Å². The maximum Gasteiger partial charge on any atom is 0.0364 e. The number of anilines is 2. The van der Waals surface area contributed by atoms with E-state index in [1.807, 2.05) is 13.0 Å². The standard InChI is InChI=1S/C13H18N2/c1-10-7-8-12(9-13(10)14)15-11-5-3-2-4-6-11/h2-3,7-9,11,15H,4-6,14H2,1H3. The average molecular weight is 202 g/mol. The largest absolute Gasteiger partial charge is 0.398 e. The van der Waals surface area contributed by atoms with Gasteiger partial charge in [-0.1, -0.05) is 18.2 Å². The summed E-state index contributed by atoms with van der Waals surface area (Å²) in [6.45, 7) is 2.03. The Labute approximate surface area is 91.2 Å². The van der Waals surface area contributed by atoms with Gasteiger partial charge in [0.15, 0.2) is 0 Å². The molecular weight excluding hydrogens is 184 g/mol. The molecule has 1 aliphatic rings. The third-order valence-corrected chi connectivity index (χ3v) is 2.92. The molecule has 0 aromatic heterocycles. The van der Waals surface area contributed by atoms with Gasteiger partial charge >= 0.3 is 0 Å². The first kappa shape index (κ1) is 10.1. The van der Waals surface area contributed by atoms with Crippen LogP contribution >= 0.6 is 0 Å². The summed E-state index contributed by atoms with van der Waals surface area (Å²) in [6.07, 6.45) is 8.01. The van der Waals surface area contributed by atoms with E-state index in [0.29, 0.717) is 6.04 Å². The van der Waals surface area contributed by atoms with Gasteiger partial charge in [-0.25, -0.2) is 0 Å². The first-order valence-corrected chi connectivity index (χ1v) is 5.53. The third kappa shape index (κ3) is 2.52. The molecule has 0 saturated carbocycles. The minimum Gasteiger partial charge on any atom is -0.398 e. The van der Waals surface area contributed by atoms with Crippen LogP contribution in [-0.4, -0.2) is 6.04 Å². The van der Waals surface area contributed by atoms with Crippen LogP contribution in [0.25, 0.3) is 0 Å². The normalized spacial score (nSPS) is 20.2. The SMILES string of the molecule is Cc1ccc(NC2CC=CCC2)cc1N. The molecule has 1 aromatic rings. The molecule has 80 valence electrons. The number of hydrogen-bond donors (Lipinski definition) is 2. The van der Waals surface area contributed by atoms with Crippen LogP contribution in [0.2, 0.25) is 0 Å². The summed E-state index contributed by atoms with van der Waals surface area (Å²) >= 11 is 0. The zero-order valence-electron chi connectivity index (χ0n) is 9.16. The Morgan fingerprint density at radius 2 is 2.20 bits per heavy atom. The van der Waals surface area contributed by atoms with Crippen molar-refractivity contribution >= 4 is 11.4 Å². The fraction of sp³-hybridized carbons (Fsp3) is 0.385.